The molecule has 6 heteroatoms. The monoisotopic (exact) mass is 341 g/mol. The van der Waals surface area contributed by atoms with Crippen LogP contribution < -0.4 is 5.32 Å². The van der Waals surface area contributed by atoms with E-state index in [1.165, 1.54) is 5.56 Å². The molecule has 102 valence electrons. The third-order valence-electron chi connectivity index (χ3n) is 3.41. The summed E-state index contributed by atoms with van der Waals surface area (Å²) in [6, 6.07) is 2.27. The van der Waals surface area contributed by atoms with Crippen molar-refractivity contribution < 1.29 is 13.2 Å². The first-order chi connectivity index (χ1) is 8.45. The Morgan fingerprint density at radius 3 is 2.44 bits per heavy atom. The number of halogens is 4. The number of hydrogen-bond acceptors (Lipinski definition) is 2. The van der Waals surface area contributed by atoms with E-state index in [0.717, 1.165) is 10.3 Å². The normalized spacial score (nSPS) is 25.3. The molecule has 0 aliphatic heterocycles. The van der Waals surface area contributed by atoms with Gasteiger partial charge in [-0.25, -0.2) is 0 Å². The van der Waals surface area contributed by atoms with Crippen LogP contribution in [-0.2, 0) is 6.54 Å². The second-order valence-corrected chi connectivity index (χ2v) is 7.02. The second-order valence-electron chi connectivity index (χ2n) is 4.73. The van der Waals surface area contributed by atoms with Crippen molar-refractivity contribution in [3.8, 4) is 0 Å². The molecule has 18 heavy (non-hydrogen) atoms. The van der Waals surface area contributed by atoms with Gasteiger partial charge in [-0.3, -0.25) is 0 Å². The Hall–Kier alpha value is -0.0700. The molecule has 1 fully saturated rings. The molecular weight excluding hydrogens is 327 g/mol. The molecule has 0 amide bonds. The largest absolute Gasteiger partial charge is 0.391 e. The quantitative estimate of drug-likeness (QED) is 0.838. The third-order valence-corrected chi connectivity index (χ3v) is 4.96. The minimum atomic E-state index is -4.01. The molecule has 2 rings (SSSR count). The summed E-state index contributed by atoms with van der Waals surface area (Å²) in [4.78, 5) is 0. The van der Waals surface area contributed by atoms with Crippen LogP contribution in [0.2, 0.25) is 0 Å². The molecule has 1 aromatic rings. The van der Waals surface area contributed by atoms with Crippen molar-refractivity contribution >= 4 is 27.3 Å². The average Bonchev–Trinajstić information content (AvgIpc) is 2.72. The average molecular weight is 342 g/mol. The number of hydrogen-bond donors (Lipinski definition) is 1. The third kappa shape index (κ3) is 3.96. The molecule has 1 heterocycles. The first-order valence-electron chi connectivity index (χ1n) is 5.98. The van der Waals surface area contributed by atoms with Gasteiger partial charge in [-0.1, -0.05) is 0 Å². The lowest BCUT2D eigenvalue weighted by Crippen LogP contribution is -2.36. The first kappa shape index (κ1) is 14.3. The topological polar surface area (TPSA) is 12.0 Å². The van der Waals surface area contributed by atoms with E-state index in [1.807, 2.05) is 6.07 Å². The van der Waals surface area contributed by atoms with E-state index in [9.17, 15) is 13.2 Å². The number of rotatable bonds is 3. The van der Waals surface area contributed by atoms with Crippen molar-refractivity contribution in [3.63, 3.8) is 0 Å². The summed E-state index contributed by atoms with van der Waals surface area (Å²) in [7, 11) is 0. The van der Waals surface area contributed by atoms with Crippen LogP contribution in [-0.4, -0.2) is 12.2 Å². The maximum absolute atomic E-state index is 12.5. The van der Waals surface area contributed by atoms with Gasteiger partial charge in [0, 0.05) is 12.6 Å². The van der Waals surface area contributed by atoms with Crippen molar-refractivity contribution in [2.24, 2.45) is 5.92 Å². The fourth-order valence-corrected chi connectivity index (χ4v) is 3.53. The Bertz CT molecular complexity index is 383. The minimum absolute atomic E-state index is 0.224. The van der Waals surface area contributed by atoms with E-state index in [4.69, 9.17) is 0 Å². The predicted octanol–water partition coefficient (Wildman–Crippen LogP) is 4.72. The molecule has 0 saturated heterocycles. The minimum Gasteiger partial charge on any atom is -0.310 e. The Morgan fingerprint density at radius 2 is 1.94 bits per heavy atom. The molecule has 1 aromatic heterocycles. The Kier molecular flexibility index (Phi) is 4.72. The maximum Gasteiger partial charge on any atom is 0.391 e. The van der Waals surface area contributed by atoms with Crippen molar-refractivity contribution in [2.75, 3.05) is 0 Å². The van der Waals surface area contributed by atoms with Crippen LogP contribution >= 0.6 is 27.3 Å². The predicted molar refractivity (Wildman–Crippen MR) is 70.7 cm³/mol. The number of alkyl halides is 3. The Labute approximate surface area is 117 Å². The molecule has 0 atom stereocenters. The second kappa shape index (κ2) is 5.92. The highest BCUT2D eigenvalue weighted by atomic mass is 79.9. The van der Waals surface area contributed by atoms with Gasteiger partial charge in [0.15, 0.2) is 0 Å². The molecule has 1 aliphatic carbocycles. The molecule has 0 radical (unpaired) electrons. The summed E-state index contributed by atoms with van der Waals surface area (Å²) in [6.07, 6.45) is -2.25. The molecule has 1 N–H and O–H groups in total. The van der Waals surface area contributed by atoms with Crippen molar-refractivity contribution in [1.29, 1.82) is 0 Å². The van der Waals surface area contributed by atoms with Crippen LogP contribution in [0.25, 0.3) is 0 Å². The van der Waals surface area contributed by atoms with Crippen molar-refractivity contribution in [2.45, 2.75) is 44.4 Å². The Balaban J connectivity index is 1.74. The van der Waals surface area contributed by atoms with E-state index in [1.54, 1.807) is 11.3 Å². The van der Waals surface area contributed by atoms with Gasteiger partial charge in [0.25, 0.3) is 0 Å². The Morgan fingerprint density at radius 1 is 1.28 bits per heavy atom. The summed E-state index contributed by atoms with van der Waals surface area (Å²) in [5.74, 6) is -1.09. The van der Waals surface area contributed by atoms with Gasteiger partial charge in [0.2, 0.25) is 0 Å². The van der Waals surface area contributed by atoms with Gasteiger partial charge in [-0.05, 0) is 58.6 Å². The highest BCUT2D eigenvalue weighted by molar-refractivity contribution is 9.11. The fourth-order valence-electron chi connectivity index (χ4n) is 2.33. The molecule has 1 saturated carbocycles. The standard InChI is InChI=1S/C12H15BrF3NS/c13-11-5-8(7-18-11)6-17-10-3-1-9(2-4-10)12(14,15)16/h5,7,9-10,17H,1-4,6H2. The lowest BCUT2D eigenvalue weighted by molar-refractivity contribution is -0.182. The molecule has 0 aromatic carbocycles. The van der Waals surface area contributed by atoms with Gasteiger partial charge in [0.05, 0.1) is 9.70 Å². The van der Waals surface area contributed by atoms with Crippen molar-refractivity contribution in [1.82, 2.24) is 5.32 Å². The van der Waals surface area contributed by atoms with Crippen LogP contribution in [0.3, 0.4) is 0 Å². The lowest BCUT2D eigenvalue weighted by atomic mass is 9.85. The van der Waals surface area contributed by atoms with Crippen LogP contribution in [0.15, 0.2) is 15.2 Å². The van der Waals surface area contributed by atoms with Gasteiger partial charge in [-0.15, -0.1) is 11.3 Å². The summed E-state index contributed by atoms with van der Waals surface area (Å²) in [5.41, 5.74) is 1.19. The summed E-state index contributed by atoms with van der Waals surface area (Å²) < 4.78 is 38.6. The van der Waals surface area contributed by atoms with Gasteiger partial charge in [-0.2, -0.15) is 13.2 Å². The molecule has 0 bridgehead atoms. The van der Waals surface area contributed by atoms with Gasteiger partial charge >= 0.3 is 6.18 Å². The maximum atomic E-state index is 12.5. The van der Waals surface area contributed by atoms with Crippen LogP contribution in [0.1, 0.15) is 31.2 Å². The van der Waals surface area contributed by atoms with E-state index >= 15 is 0 Å². The van der Waals surface area contributed by atoms with Crippen molar-refractivity contribution in [3.05, 3.63) is 20.8 Å². The van der Waals surface area contributed by atoms with Crippen LogP contribution in [0.5, 0.6) is 0 Å². The molecular formula is C12H15BrF3NS. The van der Waals surface area contributed by atoms with Gasteiger partial charge in [0.1, 0.15) is 0 Å². The summed E-state index contributed by atoms with van der Waals surface area (Å²) in [6.45, 7) is 0.740. The number of nitrogens with one attached hydrogen (secondary N) is 1. The van der Waals surface area contributed by atoms with Crippen LogP contribution in [0.4, 0.5) is 13.2 Å². The fraction of sp³-hybridized carbons (Fsp3) is 0.667. The highest BCUT2D eigenvalue weighted by Crippen LogP contribution is 2.37. The lowest BCUT2D eigenvalue weighted by Gasteiger charge is -2.30. The van der Waals surface area contributed by atoms with E-state index in [2.05, 4.69) is 26.6 Å². The molecule has 0 unspecified atom stereocenters. The summed E-state index contributed by atoms with van der Waals surface area (Å²) in [5, 5.41) is 5.40. The van der Waals surface area contributed by atoms with E-state index in [0.29, 0.717) is 12.8 Å². The zero-order valence-corrected chi connectivity index (χ0v) is 12.2. The van der Waals surface area contributed by atoms with E-state index < -0.39 is 12.1 Å². The SMILES string of the molecule is FC(F)(F)C1CCC(NCc2csc(Br)c2)CC1. The smallest absolute Gasteiger partial charge is 0.310 e. The number of thiophene rings is 1. The van der Waals surface area contributed by atoms with E-state index in [-0.39, 0.29) is 18.9 Å². The molecule has 1 nitrogen and oxygen atoms in total. The zero-order valence-electron chi connectivity index (χ0n) is 9.77. The van der Waals surface area contributed by atoms with Gasteiger partial charge < -0.3 is 5.32 Å². The highest BCUT2D eigenvalue weighted by Gasteiger charge is 2.41. The zero-order chi connectivity index (χ0) is 13.2. The molecule has 0 spiro atoms. The van der Waals surface area contributed by atoms with Crippen LogP contribution in [0, 0.1) is 5.92 Å². The first-order valence-corrected chi connectivity index (χ1v) is 7.65. The summed E-state index contributed by atoms with van der Waals surface area (Å²) >= 11 is 5.02. The molecule has 1 aliphatic rings.